The van der Waals surface area contributed by atoms with E-state index in [-0.39, 0.29) is 0 Å². The molecular formula is C19H24N6O. The minimum absolute atomic E-state index is 0.494. The summed E-state index contributed by atoms with van der Waals surface area (Å²) in [5.41, 5.74) is 3.31. The van der Waals surface area contributed by atoms with Crippen LogP contribution in [0, 0.1) is 13.8 Å². The third-order valence-corrected chi connectivity index (χ3v) is 4.06. The van der Waals surface area contributed by atoms with Gasteiger partial charge >= 0.3 is 0 Å². The van der Waals surface area contributed by atoms with Crippen molar-refractivity contribution in [2.24, 2.45) is 4.99 Å². The molecule has 0 aliphatic heterocycles. The van der Waals surface area contributed by atoms with E-state index in [0.717, 1.165) is 18.0 Å². The Morgan fingerprint density at radius 3 is 2.65 bits per heavy atom. The van der Waals surface area contributed by atoms with Gasteiger partial charge in [-0.05, 0) is 31.0 Å². The molecule has 3 aromatic rings. The van der Waals surface area contributed by atoms with Crippen LogP contribution in [0.2, 0.25) is 0 Å². The lowest BCUT2D eigenvalue weighted by atomic mass is 10.1. The summed E-state index contributed by atoms with van der Waals surface area (Å²) >= 11 is 0. The number of rotatable bonds is 6. The van der Waals surface area contributed by atoms with Gasteiger partial charge in [0.05, 0.1) is 18.8 Å². The van der Waals surface area contributed by atoms with E-state index in [4.69, 9.17) is 4.42 Å². The Hall–Kier alpha value is -3.09. The maximum absolute atomic E-state index is 5.57. The molecule has 3 rings (SSSR count). The zero-order chi connectivity index (χ0) is 18.4. The van der Waals surface area contributed by atoms with Crippen molar-refractivity contribution in [1.82, 2.24) is 25.4 Å². The second-order valence-corrected chi connectivity index (χ2v) is 6.05. The zero-order valence-corrected chi connectivity index (χ0v) is 15.4. The fraction of sp³-hybridized carbons (Fsp3) is 0.316. The molecule has 0 aliphatic carbocycles. The molecule has 1 aromatic carbocycles. The van der Waals surface area contributed by atoms with Gasteiger partial charge in [0.2, 0.25) is 5.89 Å². The summed E-state index contributed by atoms with van der Waals surface area (Å²) in [6.07, 6.45) is 3.75. The molecule has 7 heteroatoms. The fourth-order valence-corrected chi connectivity index (χ4v) is 2.60. The van der Waals surface area contributed by atoms with Crippen LogP contribution in [-0.2, 0) is 19.6 Å². The van der Waals surface area contributed by atoms with E-state index < -0.39 is 0 Å². The quantitative estimate of drug-likeness (QED) is 0.526. The van der Waals surface area contributed by atoms with Crippen LogP contribution in [0.25, 0.3) is 0 Å². The standard InChI is InChI=1S/C19H24N6O/c1-14-15(2)26-18(24-14)12-22-19(20-3)21-11-16-6-4-7-17(10-16)13-25-9-5-8-23-25/h4-10H,11-13H2,1-3H3,(H2,20,21,22). The van der Waals surface area contributed by atoms with Gasteiger partial charge in [0, 0.05) is 26.0 Å². The monoisotopic (exact) mass is 352 g/mol. The van der Waals surface area contributed by atoms with Crippen LogP contribution in [0.5, 0.6) is 0 Å². The first kappa shape index (κ1) is 17.7. The lowest BCUT2D eigenvalue weighted by Gasteiger charge is -2.11. The normalized spacial score (nSPS) is 11.6. The molecule has 0 saturated carbocycles. The van der Waals surface area contributed by atoms with Crippen molar-refractivity contribution in [1.29, 1.82) is 0 Å². The van der Waals surface area contributed by atoms with Gasteiger partial charge in [0.15, 0.2) is 5.96 Å². The predicted octanol–water partition coefficient (Wildman–Crippen LogP) is 2.40. The summed E-state index contributed by atoms with van der Waals surface area (Å²) in [4.78, 5) is 8.60. The SMILES string of the molecule is CN=C(NCc1cccc(Cn2cccn2)c1)NCc1nc(C)c(C)o1. The van der Waals surface area contributed by atoms with Crippen molar-refractivity contribution in [3.05, 3.63) is 71.2 Å². The minimum Gasteiger partial charge on any atom is -0.444 e. The fourth-order valence-electron chi connectivity index (χ4n) is 2.60. The number of hydrogen-bond donors (Lipinski definition) is 2. The molecule has 2 heterocycles. The maximum Gasteiger partial charge on any atom is 0.214 e. The molecule has 0 saturated heterocycles. The second kappa shape index (κ2) is 8.33. The minimum atomic E-state index is 0.494. The summed E-state index contributed by atoms with van der Waals surface area (Å²) in [6, 6.07) is 10.4. The molecule has 0 fully saturated rings. The Morgan fingerprint density at radius 2 is 1.96 bits per heavy atom. The summed E-state index contributed by atoms with van der Waals surface area (Å²) in [5, 5.41) is 10.8. The van der Waals surface area contributed by atoms with Crippen LogP contribution in [0.4, 0.5) is 0 Å². The molecule has 2 N–H and O–H groups in total. The Morgan fingerprint density at radius 1 is 1.15 bits per heavy atom. The number of nitrogens with one attached hydrogen (secondary N) is 2. The molecular weight excluding hydrogens is 328 g/mol. The molecule has 0 amide bonds. The average Bonchev–Trinajstić information content (AvgIpc) is 3.25. The highest BCUT2D eigenvalue weighted by Gasteiger charge is 2.06. The molecule has 0 atom stereocenters. The lowest BCUT2D eigenvalue weighted by molar-refractivity contribution is 0.463. The van der Waals surface area contributed by atoms with Gasteiger partial charge in [-0.25, -0.2) is 4.98 Å². The molecule has 0 bridgehead atoms. The van der Waals surface area contributed by atoms with Gasteiger partial charge < -0.3 is 15.1 Å². The Bertz CT molecular complexity index is 847. The van der Waals surface area contributed by atoms with E-state index in [0.29, 0.717) is 24.9 Å². The molecule has 0 radical (unpaired) electrons. The molecule has 0 spiro atoms. The van der Waals surface area contributed by atoms with Crippen LogP contribution in [0.3, 0.4) is 0 Å². The smallest absolute Gasteiger partial charge is 0.214 e. The highest BCUT2D eigenvalue weighted by molar-refractivity contribution is 5.79. The summed E-state index contributed by atoms with van der Waals surface area (Å²) < 4.78 is 7.48. The first-order chi connectivity index (χ1) is 12.6. The molecule has 136 valence electrons. The van der Waals surface area contributed by atoms with Gasteiger partial charge in [-0.2, -0.15) is 5.10 Å². The number of hydrogen-bond acceptors (Lipinski definition) is 4. The molecule has 26 heavy (non-hydrogen) atoms. The van der Waals surface area contributed by atoms with Crippen molar-refractivity contribution in [2.75, 3.05) is 7.05 Å². The zero-order valence-electron chi connectivity index (χ0n) is 15.4. The number of nitrogens with zero attached hydrogens (tertiary/aromatic N) is 4. The van der Waals surface area contributed by atoms with Crippen molar-refractivity contribution in [3.63, 3.8) is 0 Å². The van der Waals surface area contributed by atoms with Crippen LogP contribution in [-0.4, -0.2) is 27.8 Å². The highest BCUT2D eigenvalue weighted by Crippen LogP contribution is 2.08. The number of oxazole rings is 1. The lowest BCUT2D eigenvalue weighted by Crippen LogP contribution is -2.36. The highest BCUT2D eigenvalue weighted by atomic mass is 16.4. The van der Waals surface area contributed by atoms with Gasteiger partial charge in [0.1, 0.15) is 5.76 Å². The van der Waals surface area contributed by atoms with Crippen molar-refractivity contribution in [3.8, 4) is 0 Å². The Labute approximate surface area is 153 Å². The van der Waals surface area contributed by atoms with Gasteiger partial charge in [-0.1, -0.05) is 24.3 Å². The largest absolute Gasteiger partial charge is 0.444 e. The van der Waals surface area contributed by atoms with Gasteiger partial charge in [0.25, 0.3) is 0 Å². The van der Waals surface area contributed by atoms with E-state index in [2.05, 4.69) is 50.0 Å². The third-order valence-electron chi connectivity index (χ3n) is 4.06. The van der Waals surface area contributed by atoms with E-state index in [1.807, 2.05) is 30.8 Å². The number of aryl methyl sites for hydroxylation is 2. The number of aliphatic imine (C=N–C) groups is 1. The Kier molecular flexibility index (Phi) is 5.68. The molecule has 0 aliphatic rings. The molecule has 7 nitrogen and oxygen atoms in total. The average molecular weight is 352 g/mol. The van der Waals surface area contributed by atoms with Crippen molar-refractivity contribution >= 4 is 5.96 Å². The number of benzene rings is 1. The van der Waals surface area contributed by atoms with E-state index in [1.54, 1.807) is 13.2 Å². The van der Waals surface area contributed by atoms with E-state index >= 15 is 0 Å². The third kappa shape index (κ3) is 4.72. The Balaban J connectivity index is 1.53. The summed E-state index contributed by atoms with van der Waals surface area (Å²) in [5.74, 6) is 2.21. The summed E-state index contributed by atoms with van der Waals surface area (Å²) in [7, 11) is 1.75. The van der Waals surface area contributed by atoms with Gasteiger partial charge in [-0.3, -0.25) is 9.67 Å². The number of guanidine groups is 1. The van der Waals surface area contributed by atoms with Crippen LogP contribution >= 0.6 is 0 Å². The van der Waals surface area contributed by atoms with Crippen molar-refractivity contribution < 1.29 is 4.42 Å². The maximum atomic E-state index is 5.57. The molecule has 0 unspecified atom stereocenters. The summed E-state index contributed by atoms with van der Waals surface area (Å²) in [6.45, 7) is 5.78. The van der Waals surface area contributed by atoms with Crippen LogP contribution in [0.15, 0.2) is 52.1 Å². The molecule has 2 aromatic heterocycles. The van der Waals surface area contributed by atoms with Crippen LogP contribution in [0.1, 0.15) is 28.5 Å². The van der Waals surface area contributed by atoms with Crippen molar-refractivity contribution in [2.45, 2.75) is 33.5 Å². The number of aromatic nitrogens is 3. The first-order valence-electron chi connectivity index (χ1n) is 8.56. The van der Waals surface area contributed by atoms with E-state index in [1.165, 1.54) is 11.1 Å². The predicted molar refractivity (Wildman–Crippen MR) is 101 cm³/mol. The topological polar surface area (TPSA) is 80.3 Å². The second-order valence-electron chi connectivity index (χ2n) is 6.05. The van der Waals surface area contributed by atoms with Crippen LogP contribution < -0.4 is 10.6 Å². The van der Waals surface area contributed by atoms with E-state index in [9.17, 15) is 0 Å². The first-order valence-corrected chi connectivity index (χ1v) is 8.56. The van der Waals surface area contributed by atoms with Gasteiger partial charge in [-0.15, -0.1) is 0 Å².